The molecule has 23 heavy (non-hydrogen) atoms. The first kappa shape index (κ1) is 16.8. The van der Waals surface area contributed by atoms with Crippen LogP contribution in [0.5, 0.6) is 0 Å². The molecular formula is C20H20O3. The standard InChI is InChI=1S/C20H20O3/c1-2-3-5-10-18(21)20(23)17-13-11-16(12-14-17)19(22)15-8-6-4-7-9-15/h4,6-9,11-14H,2-3,5,10H2,1H3. The number of benzene rings is 2. The molecule has 0 aromatic heterocycles. The Balaban J connectivity index is 2.06. The minimum Gasteiger partial charge on any atom is -0.290 e. The SMILES string of the molecule is CCCCCC(=O)C(=O)c1ccc(C(=O)c2ccccc2)cc1. The van der Waals surface area contributed by atoms with Gasteiger partial charge in [-0.15, -0.1) is 0 Å². The summed E-state index contributed by atoms with van der Waals surface area (Å²) in [5, 5.41) is 0. The van der Waals surface area contributed by atoms with Crippen molar-refractivity contribution in [2.45, 2.75) is 32.6 Å². The summed E-state index contributed by atoms with van der Waals surface area (Å²) in [4.78, 5) is 36.2. The third-order valence-corrected chi connectivity index (χ3v) is 3.71. The number of hydrogen-bond donors (Lipinski definition) is 0. The number of unbranched alkanes of at least 4 members (excludes halogenated alkanes) is 2. The lowest BCUT2D eigenvalue weighted by Gasteiger charge is -2.03. The molecule has 118 valence electrons. The predicted octanol–water partition coefficient (Wildman–Crippen LogP) is 4.25. The number of ketones is 3. The molecule has 0 aliphatic rings. The van der Waals surface area contributed by atoms with Gasteiger partial charge in [0.15, 0.2) is 5.78 Å². The Morgan fingerprint density at radius 1 is 0.739 bits per heavy atom. The minimum atomic E-state index is -0.472. The van der Waals surface area contributed by atoms with Crippen molar-refractivity contribution in [1.29, 1.82) is 0 Å². The van der Waals surface area contributed by atoms with E-state index in [1.165, 1.54) is 0 Å². The quantitative estimate of drug-likeness (QED) is 0.416. The number of carbonyl (C=O) groups is 3. The van der Waals surface area contributed by atoms with Gasteiger partial charge in [-0.25, -0.2) is 0 Å². The first-order chi connectivity index (χ1) is 11.1. The third kappa shape index (κ3) is 4.46. The van der Waals surface area contributed by atoms with Crippen molar-refractivity contribution in [3.8, 4) is 0 Å². The van der Waals surface area contributed by atoms with E-state index in [0.717, 1.165) is 19.3 Å². The Morgan fingerprint density at radius 3 is 1.91 bits per heavy atom. The Hall–Kier alpha value is -2.55. The summed E-state index contributed by atoms with van der Waals surface area (Å²) >= 11 is 0. The van der Waals surface area contributed by atoms with Crippen molar-refractivity contribution in [2.24, 2.45) is 0 Å². The molecule has 0 N–H and O–H groups in total. The van der Waals surface area contributed by atoms with E-state index < -0.39 is 5.78 Å². The van der Waals surface area contributed by atoms with Crippen LogP contribution in [0.15, 0.2) is 54.6 Å². The summed E-state index contributed by atoms with van der Waals surface area (Å²) in [6.07, 6.45) is 2.99. The van der Waals surface area contributed by atoms with Crippen LogP contribution in [0.25, 0.3) is 0 Å². The van der Waals surface area contributed by atoms with Gasteiger partial charge in [0, 0.05) is 23.1 Å². The van der Waals surface area contributed by atoms with Gasteiger partial charge in [-0.05, 0) is 6.42 Å². The maximum atomic E-state index is 12.3. The van der Waals surface area contributed by atoms with E-state index in [2.05, 4.69) is 6.92 Å². The molecule has 0 saturated heterocycles. The number of rotatable bonds is 8. The van der Waals surface area contributed by atoms with Crippen LogP contribution in [0.1, 0.15) is 58.9 Å². The highest BCUT2D eigenvalue weighted by molar-refractivity contribution is 6.43. The predicted molar refractivity (Wildman–Crippen MR) is 89.8 cm³/mol. The minimum absolute atomic E-state index is 0.0983. The molecule has 0 fully saturated rings. The average Bonchev–Trinajstić information content (AvgIpc) is 2.61. The molecule has 2 rings (SSSR count). The number of Topliss-reactive ketones (excluding diaryl/α,β-unsaturated/α-hetero) is 2. The van der Waals surface area contributed by atoms with E-state index in [-0.39, 0.29) is 18.0 Å². The van der Waals surface area contributed by atoms with E-state index in [4.69, 9.17) is 0 Å². The highest BCUT2D eigenvalue weighted by atomic mass is 16.2. The van der Waals surface area contributed by atoms with Crippen molar-refractivity contribution >= 4 is 17.3 Å². The third-order valence-electron chi connectivity index (χ3n) is 3.71. The monoisotopic (exact) mass is 308 g/mol. The van der Waals surface area contributed by atoms with E-state index in [9.17, 15) is 14.4 Å². The molecule has 3 heteroatoms. The van der Waals surface area contributed by atoms with Crippen LogP contribution in [0.4, 0.5) is 0 Å². The summed E-state index contributed by atoms with van der Waals surface area (Å²) in [5.74, 6) is -0.931. The molecule has 0 amide bonds. The lowest BCUT2D eigenvalue weighted by molar-refractivity contribution is -0.115. The summed E-state index contributed by atoms with van der Waals surface area (Å²) in [6.45, 7) is 2.05. The zero-order valence-electron chi connectivity index (χ0n) is 13.2. The fourth-order valence-electron chi connectivity index (χ4n) is 2.34. The van der Waals surface area contributed by atoms with Crippen molar-refractivity contribution in [3.63, 3.8) is 0 Å². The van der Waals surface area contributed by atoms with Crippen molar-refractivity contribution in [1.82, 2.24) is 0 Å². The highest BCUT2D eigenvalue weighted by Gasteiger charge is 2.16. The molecule has 0 spiro atoms. The van der Waals surface area contributed by atoms with Crippen LogP contribution in [-0.4, -0.2) is 17.3 Å². The second kappa shape index (κ2) is 8.18. The van der Waals surface area contributed by atoms with Crippen LogP contribution in [0.3, 0.4) is 0 Å². The molecule has 3 nitrogen and oxygen atoms in total. The van der Waals surface area contributed by atoms with Crippen LogP contribution >= 0.6 is 0 Å². The molecule has 2 aromatic carbocycles. The Morgan fingerprint density at radius 2 is 1.30 bits per heavy atom. The lowest BCUT2D eigenvalue weighted by Crippen LogP contribution is -2.14. The van der Waals surface area contributed by atoms with Crippen molar-refractivity contribution in [3.05, 3.63) is 71.3 Å². The fourth-order valence-corrected chi connectivity index (χ4v) is 2.34. The van der Waals surface area contributed by atoms with E-state index >= 15 is 0 Å². The molecule has 0 bridgehead atoms. The Bertz CT molecular complexity index is 685. The maximum absolute atomic E-state index is 12.3. The van der Waals surface area contributed by atoms with Gasteiger partial charge in [-0.2, -0.15) is 0 Å². The second-order valence-electron chi connectivity index (χ2n) is 5.48. The normalized spacial score (nSPS) is 10.3. The zero-order chi connectivity index (χ0) is 16.7. The molecule has 0 saturated carbocycles. The van der Waals surface area contributed by atoms with Crippen LogP contribution in [0.2, 0.25) is 0 Å². The van der Waals surface area contributed by atoms with Gasteiger partial charge >= 0.3 is 0 Å². The van der Waals surface area contributed by atoms with Gasteiger partial charge in [0.2, 0.25) is 11.6 Å². The van der Waals surface area contributed by atoms with Crippen molar-refractivity contribution < 1.29 is 14.4 Å². The van der Waals surface area contributed by atoms with E-state index in [0.29, 0.717) is 16.7 Å². The zero-order valence-corrected chi connectivity index (χ0v) is 13.2. The Kier molecular flexibility index (Phi) is 5.98. The molecule has 0 heterocycles. The maximum Gasteiger partial charge on any atom is 0.228 e. The lowest BCUT2D eigenvalue weighted by atomic mass is 9.98. The molecule has 0 radical (unpaired) electrons. The topological polar surface area (TPSA) is 51.2 Å². The second-order valence-corrected chi connectivity index (χ2v) is 5.48. The Labute approximate surface area is 136 Å². The largest absolute Gasteiger partial charge is 0.290 e. The molecule has 0 unspecified atom stereocenters. The summed E-state index contributed by atoms with van der Waals surface area (Å²) in [5.41, 5.74) is 1.45. The molecule has 2 aromatic rings. The van der Waals surface area contributed by atoms with Crippen LogP contribution in [0, 0.1) is 0 Å². The first-order valence-corrected chi connectivity index (χ1v) is 7.91. The van der Waals surface area contributed by atoms with Crippen LogP contribution < -0.4 is 0 Å². The van der Waals surface area contributed by atoms with Gasteiger partial charge in [-0.3, -0.25) is 14.4 Å². The first-order valence-electron chi connectivity index (χ1n) is 7.91. The molecule has 0 atom stereocenters. The summed E-state index contributed by atoms with van der Waals surface area (Å²) < 4.78 is 0. The van der Waals surface area contributed by atoms with Gasteiger partial charge in [0.25, 0.3) is 0 Å². The van der Waals surface area contributed by atoms with Gasteiger partial charge in [0.05, 0.1) is 0 Å². The van der Waals surface area contributed by atoms with Gasteiger partial charge in [-0.1, -0.05) is 74.4 Å². The average molecular weight is 308 g/mol. The smallest absolute Gasteiger partial charge is 0.228 e. The number of hydrogen-bond acceptors (Lipinski definition) is 3. The highest BCUT2D eigenvalue weighted by Crippen LogP contribution is 2.12. The van der Waals surface area contributed by atoms with Gasteiger partial charge in [0.1, 0.15) is 0 Å². The van der Waals surface area contributed by atoms with Crippen LogP contribution in [-0.2, 0) is 4.79 Å². The summed E-state index contributed by atoms with van der Waals surface area (Å²) in [6, 6.07) is 15.3. The fraction of sp³-hybridized carbons (Fsp3) is 0.250. The van der Waals surface area contributed by atoms with E-state index in [1.54, 1.807) is 48.5 Å². The molecule has 0 aliphatic carbocycles. The molecular weight excluding hydrogens is 288 g/mol. The number of carbonyl (C=O) groups excluding carboxylic acids is 3. The van der Waals surface area contributed by atoms with Crippen molar-refractivity contribution in [2.75, 3.05) is 0 Å². The summed E-state index contributed by atoms with van der Waals surface area (Å²) in [7, 11) is 0. The van der Waals surface area contributed by atoms with E-state index in [1.807, 2.05) is 6.07 Å². The van der Waals surface area contributed by atoms with Gasteiger partial charge < -0.3 is 0 Å². The molecule has 0 aliphatic heterocycles.